The largest absolute Gasteiger partial charge is 0.310 e. The Balaban J connectivity index is 2.27. The van der Waals surface area contributed by atoms with Gasteiger partial charge < -0.3 is 5.32 Å². The van der Waals surface area contributed by atoms with Gasteiger partial charge in [-0.15, -0.1) is 0 Å². The summed E-state index contributed by atoms with van der Waals surface area (Å²) < 4.78 is 0. The topological polar surface area (TPSA) is 12.0 Å². The van der Waals surface area contributed by atoms with Crippen molar-refractivity contribution in [3.8, 4) is 0 Å². The van der Waals surface area contributed by atoms with E-state index in [1.165, 1.54) is 0 Å². The molecule has 1 N–H and O–H groups in total. The highest BCUT2D eigenvalue weighted by atomic mass is 35.5. The summed E-state index contributed by atoms with van der Waals surface area (Å²) in [5, 5.41) is 5.01. The van der Waals surface area contributed by atoms with Crippen LogP contribution in [0.5, 0.6) is 0 Å². The first kappa shape index (κ1) is 10.3. The minimum absolute atomic E-state index is 0.371. The number of rotatable bonds is 1. The molecular weight excluding hydrogens is 217 g/mol. The minimum Gasteiger partial charge on any atom is -0.310 e. The lowest BCUT2D eigenvalue weighted by Crippen LogP contribution is -2.13. The number of hydrogen-bond donors (Lipinski definition) is 1. The van der Waals surface area contributed by atoms with E-state index < -0.39 is 0 Å². The third-order valence-electron chi connectivity index (χ3n) is 2.68. The lowest BCUT2D eigenvalue weighted by molar-refractivity contribution is 0.612. The predicted molar refractivity (Wildman–Crippen MR) is 61.0 cm³/mol. The highest BCUT2D eigenvalue weighted by Crippen LogP contribution is 2.33. The second-order valence-corrected chi connectivity index (χ2v) is 4.81. The molecule has 1 heterocycles. The number of halogens is 2. The molecule has 0 amide bonds. The molecule has 1 aliphatic rings. The summed E-state index contributed by atoms with van der Waals surface area (Å²) in [6.07, 6.45) is 1.14. The maximum atomic E-state index is 6.13. The van der Waals surface area contributed by atoms with Gasteiger partial charge in [-0.2, -0.15) is 0 Å². The molecule has 1 nitrogen and oxygen atoms in total. The molecule has 1 saturated heterocycles. The summed E-state index contributed by atoms with van der Waals surface area (Å²) in [7, 11) is 0. The Morgan fingerprint density at radius 2 is 2.14 bits per heavy atom. The van der Waals surface area contributed by atoms with Crippen LogP contribution in [0.3, 0.4) is 0 Å². The van der Waals surface area contributed by atoms with Gasteiger partial charge in [-0.3, -0.25) is 0 Å². The Bertz CT molecular complexity index is 338. The molecule has 0 unspecified atom stereocenters. The van der Waals surface area contributed by atoms with Gasteiger partial charge >= 0.3 is 0 Å². The van der Waals surface area contributed by atoms with Gasteiger partial charge in [0.2, 0.25) is 0 Å². The van der Waals surface area contributed by atoms with Gasteiger partial charge in [0.05, 0.1) is 0 Å². The Hall–Kier alpha value is -0.240. The Labute approximate surface area is 94.4 Å². The third kappa shape index (κ3) is 2.05. The fourth-order valence-corrected chi connectivity index (χ4v) is 2.36. The molecule has 0 aliphatic carbocycles. The fourth-order valence-electron chi connectivity index (χ4n) is 1.93. The van der Waals surface area contributed by atoms with Gasteiger partial charge in [0, 0.05) is 16.1 Å². The predicted octanol–water partition coefficient (Wildman–Crippen LogP) is 3.66. The molecule has 2 atom stereocenters. The zero-order valence-corrected chi connectivity index (χ0v) is 9.57. The zero-order valence-electron chi connectivity index (χ0n) is 8.06. The average molecular weight is 230 g/mol. The van der Waals surface area contributed by atoms with Crippen molar-refractivity contribution in [2.24, 2.45) is 5.92 Å². The van der Waals surface area contributed by atoms with Crippen molar-refractivity contribution in [1.29, 1.82) is 0 Å². The molecule has 0 bridgehead atoms. The molecular formula is C11H13Cl2N. The normalized spacial score (nSPS) is 26.8. The Morgan fingerprint density at radius 1 is 1.36 bits per heavy atom. The average Bonchev–Trinajstić information content (AvgIpc) is 2.56. The molecule has 1 aromatic rings. The van der Waals surface area contributed by atoms with Crippen molar-refractivity contribution in [1.82, 2.24) is 5.32 Å². The van der Waals surface area contributed by atoms with Gasteiger partial charge in [0.15, 0.2) is 0 Å². The molecule has 0 radical (unpaired) electrons. The van der Waals surface area contributed by atoms with E-state index in [0.29, 0.717) is 6.04 Å². The maximum absolute atomic E-state index is 6.13. The van der Waals surface area contributed by atoms with Gasteiger partial charge in [0.25, 0.3) is 0 Å². The van der Waals surface area contributed by atoms with Crippen LogP contribution in [0.2, 0.25) is 10.0 Å². The first-order valence-electron chi connectivity index (χ1n) is 4.85. The van der Waals surface area contributed by atoms with Gasteiger partial charge in [0.1, 0.15) is 0 Å². The molecule has 2 rings (SSSR count). The van der Waals surface area contributed by atoms with Crippen molar-refractivity contribution in [2.45, 2.75) is 19.4 Å². The molecule has 14 heavy (non-hydrogen) atoms. The highest BCUT2D eigenvalue weighted by Gasteiger charge is 2.23. The van der Waals surface area contributed by atoms with E-state index in [1.807, 2.05) is 18.2 Å². The van der Waals surface area contributed by atoms with Gasteiger partial charge in [-0.25, -0.2) is 0 Å². The van der Waals surface area contributed by atoms with Crippen molar-refractivity contribution >= 4 is 23.2 Å². The maximum Gasteiger partial charge on any atom is 0.0454 e. The Morgan fingerprint density at radius 3 is 2.79 bits per heavy atom. The molecule has 76 valence electrons. The van der Waals surface area contributed by atoms with Crippen molar-refractivity contribution in [3.05, 3.63) is 33.8 Å². The SMILES string of the molecule is C[C@@H]1CN[C@@H](c2cc(Cl)ccc2Cl)C1. The molecule has 0 aromatic heterocycles. The lowest BCUT2D eigenvalue weighted by atomic mass is 10.0. The van der Waals surface area contributed by atoms with Gasteiger partial charge in [-0.1, -0.05) is 30.1 Å². The van der Waals surface area contributed by atoms with E-state index in [9.17, 15) is 0 Å². The van der Waals surface area contributed by atoms with E-state index in [-0.39, 0.29) is 0 Å². The van der Waals surface area contributed by atoms with Crippen molar-refractivity contribution in [3.63, 3.8) is 0 Å². The summed E-state index contributed by atoms with van der Waals surface area (Å²) in [5.41, 5.74) is 1.13. The van der Waals surface area contributed by atoms with Crippen LogP contribution in [-0.4, -0.2) is 6.54 Å². The first-order chi connectivity index (χ1) is 6.66. The lowest BCUT2D eigenvalue weighted by Gasteiger charge is -2.12. The van der Waals surface area contributed by atoms with Crippen molar-refractivity contribution in [2.75, 3.05) is 6.54 Å². The van der Waals surface area contributed by atoms with E-state index in [1.54, 1.807) is 0 Å². The van der Waals surface area contributed by atoms with Gasteiger partial charge in [-0.05, 0) is 42.6 Å². The van der Waals surface area contributed by atoms with E-state index in [4.69, 9.17) is 23.2 Å². The monoisotopic (exact) mass is 229 g/mol. The molecule has 1 aromatic carbocycles. The summed E-state index contributed by atoms with van der Waals surface area (Å²) in [6.45, 7) is 3.30. The molecule has 0 spiro atoms. The minimum atomic E-state index is 0.371. The third-order valence-corrected chi connectivity index (χ3v) is 3.26. The molecule has 3 heteroatoms. The summed E-state index contributed by atoms with van der Waals surface area (Å²) in [4.78, 5) is 0. The number of nitrogens with one attached hydrogen (secondary N) is 1. The molecule has 1 aliphatic heterocycles. The van der Waals surface area contributed by atoms with Crippen LogP contribution in [0.15, 0.2) is 18.2 Å². The number of hydrogen-bond acceptors (Lipinski definition) is 1. The quantitative estimate of drug-likeness (QED) is 0.776. The van der Waals surface area contributed by atoms with E-state index in [2.05, 4.69) is 12.2 Å². The summed E-state index contributed by atoms with van der Waals surface area (Å²) >= 11 is 12.1. The van der Waals surface area contributed by atoms with Crippen LogP contribution in [0.25, 0.3) is 0 Å². The fraction of sp³-hybridized carbons (Fsp3) is 0.455. The van der Waals surface area contributed by atoms with Crippen LogP contribution in [0, 0.1) is 5.92 Å². The van der Waals surface area contributed by atoms with Crippen LogP contribution in [-0.2, 0) is 0 Å². The van der Waals surface area contributed by atoms with E-state index >= 15 is 0 Å². The molecule has 0 saturated carbocycles. The standard InChI is InChI=1S/C11H13Cl2N/c1-7-4-11(14-6-7)9-5-8(12)2-3-10(9)13/h2-3,5,7,11,14H,4,6H2,1H3/t7-,11+/m0/s1. The molecule has 1 fully saturated rings. The van der Waals surface area contributed by atoms with Crippen LogP contribution in [0.4, 0.5) is 0 Å². The highest BCUT2D eigenvalue weighted by molar-refractivity contribution is 6.33. The first-order valence-corrected chi connectivity index (χ1v) is 5.60. The summed E-state index contributed by atoms with van der Waals surface area (Å²) in [5.74, 6) is 0.718. The Kier molecular flexibility index (Phi) is 3.01. The van der Waals surface area contributed by atoms with Crippen LogP contribution in [0.1, 0.15) is 24.9 Å². The van der Waals surface area contributed by atoms with Crippen molar-refractivity contribution < 1.29 is 0 Å². The second-order valence-electron chi connectivity index (χ2n) is 3.97. The van der Waals surface area contributed by atoms with Crippen LogP contribution < -0.4 is 5.32 Å². The van der Waals surface area contributed by atoms with Crippen LogP contribution >= 0.6 is 23.2 Å². The van der Waals surface area contributed by atoms with E-state index in [0.717, 1.165) is 34.5 Å². The summed E-state index contributed by atoms with van der Waals surface area (Å²) in [6, 6.07) is 6.02. The second kappa shape index (κ2) is 4.09. The zero-order chi connectivity index (χ0) is 10.1. The smallest absolute Gasteiger partial charge is 0.0454 e. The number of benzene rings is 1.